The fourth-order valence-electron chi connectivity index (χ4n) is 9.34. The highest BCUT2D eigenvalue weighted by atomic mass is 35.5. The molecule has 12 nitrogen and oxygen atoms in total. The van der Waals surface area contributed by atoms with Gasteiger partial charge in [0.15, 0.2) is 35.2 Å². The van der Waals surface area contributed by atoms with E-state index in [-0.39, 0.29) is 11.4 Å². The minimum atomic E-state index is -1.61. The lowest BCUT2D eigenvalue weighted by molar-refractivity contribution is -0.120. The topological polar surface area (TPSA) is 191 Å². The number of allylic oxidation sites excluding steroid dienone is 2. The molecule has 0 aliphatic carbocycles. The normalized spacial score (nSPS) is 23.5. The Morgan fingerprint density at radius 2 is 0.861 bits per heavy atom. The summed E-state index contributed by atoms with van der Waals surface area (Å²) in [5, 5.41) is 41.8. The van der Waals surface area contributed by atoms with Crippen LogP contribution < -0.4 is 9.47 Å². The van der Waals surface area contributed by atoms with Crippen LogP contribution in [0.4, 0.5) is 0 Å². The monoisotopic (exact) mass is 1000 g/mol. The lowest BCUT2D eigenvalue weighted by Gasteiger charge is -2.43. The first-order valence-electron chi connectivity index (χ1n) is 23.5. The van der Waals surface area contributed by atoms with Gasteiger partial charge in [0.25, 0.3) is 11.4 Å². The number of hydrogen-bond donors (Lipinski definition) is 0. The van der Waals surface area contributed by atoms with Gasteiger partial charge in [0, 0.05) is 42.8 Å². The number of ketones is 2. The molecular formula is C58H56Cl2N6O6. The Morgan fingerprint density at radius 3 is 1.14 bits per heavy atom. The number of benzene rings is 4. The second-order valence-corrected chi connectivity index (χ2v) is 23.1. The van der Waals surface area contributed by atoms with Crippen LogP contribution in [-0.4, -0.2) is 34.4 Å². The lowest BCUT2D eigenvalue weighted by Crippen LogP contribution is -2.47. The number of ether oxygens (including phenoxy) is 4. The maximum Gasteiger partial charge on any atom is 0.253 e. The first kappa shape index (κ1) is 52.6. The zero-order valence-corrected chi connectivity index (χ0v) is 43.9. The summed E-state index contributed by atoms with van der Waals surface area (Å²) in [6.45, 7) is 22.0. The van der Waals surface area contributed by atoms with E-state index in [0.29, 0.717) is 55.3 Å². The highest BCUT2D eigenvalue weighted by molar-refractivity contribution is 6.48. The first-order valence-corrected chi connectivity index (χ1v) is 24.2. The van der Waals surface area contributed by atoms with Gasteiger partial charge in [-0.1, -0.05) is 167 Å². The van der Waals surface area contributed by atoms with Gasteiger partial charge in [-0.3, -0.25) is 9.59 Å². The van der Waals surface area contributed by atoms with E-state index in [9.17, 15) is 30.6 Å². The molecule has 72 heavy (non-hydrogen) atoms. The maximum absolute atomic E-state index is 13.3. The molecule has 368 valence electrons. The molecule has 0 fully saturated rings. The van der Waals surface area contributed by atoms with Gasteiger partial charge >= 0.3 is 0 Å². The van der Waals surface area contributed by atoms with Crippen molar-refractivity contribution >= 4 is 46.2 Å². The number of nitriles is 4. The number of hydrogen-bond acceptors (Lipinski definition) is 12. The van der Waals surface area contributed by atoms with Gasteiger partial charge in [-0.25, -0.2) is 9.98 Å². The van der Waals surface area contributed by atoms with Crippen molar-refractivity contribution in [3.8, 4) is 35.8 Å². The van der Waals surface area contributed by atoms with E-state index in [1.54, 1.807) is 77.9 Å². The molecule has 4 aliphatic heterocycles. The maximum atomic E-state index is 13.3. The fraction of sp³-hybridized carbons (Fsp3) is 0.379. The molecule has 4 aliphatic rings. The fourth-order valence-corrected chi connectivity index (χ4v) is 9.70. The van der Waals surface area contributed by atoms with E-state index in [0.717, 1.165) is 11.1 Å². The van der Waals surface area contributed by atoms with Crippen molar-refractivity contribution in [2.24, 2.45) is 31.6 Å². The minimum Gasteiger partial charge on any atom is -0.479 e. The highest BCUT2D eigenvalue weighted by Gasteiger charge is 2.64. The first-order chi connectivity index (χ1) is 33.7. The van der Waals surface area contributed by atoms with Gasteiger partial charge in [-0.05, 0) is 47.5 Å². The molecule has 4 aromatic carbocycles. The number of rotatable bonds is 6. The number of fused-ring (bicyclic) bond motifs is 6. The van der Waals surface area contributed by atoms with Crippen molar-refractivity contribution in [3.63, 3.8) is 0 Å². The van der Waals surface area contributed by atoms with Gasteiger partial charge in [0.2, 0.25) is 0 Å². The van der Waals surface area contributed by atoms with Crippen molar-refractivity contribution in [2.75, 3.05) is 0 Å². The van der Waals surface area contributed by atoms with Crippen molar-refractivity contribution in [1.29, 1.82) is 21.0 Å². The number of aliphatic imine (C=N–C) groups is 2. The average Bonchev–Trinajstić information content (AvgIpc) is 3.87. The average molecular weight is 1000 g/mol. The van der Waals surface area contributed by atoms with Crippen molar-refractivity contribution in [2.45, 2.75) is 119 Å². The Labute approximate surface area is 431 Å². The van der Waals surface area contributed by atoms with E-state index in [1.165, 1.54) is 0 Å². The zero-order valence-electron chi connectivity index (χ0n) is 42.4. The Balaban J connectivity index is 0.000000211. The molecule has 0 aromatic heterocycles. The number of carbonyl (C=O) groups excluding carboxylic acids is 2. The summed E-state index contributed by atoms with van der Waals surface area (Å²) in [5.41, 5.74) is -3.16. The number of nitrogens with zero attached hydrogens (tertiary/aromatic N) is 6. The summed E-state index contributed by atoms with van der Waals surface area (Å²) >= 11 is 12.8. The molecule has 0 spiro atoms. The third-order valence-corrected chi connectivity index (χ3v) is 13.1. The molecule has 14 heteroatoms. The minimum absolute atomic E-state index is 0.282. The second kappa shape index (κ2) is 19.1. The third-order valence-electron chi connectivity index (χ3n) is 12.6. The van der Waals surface area contributed by atoms with Gasteiger partial charge < -0.3 is 18.9 Å². The molecule has 6 atom stereocenters. The summed E-state index contributed by atoms with van der Waals surface area (Å²) in [7, 11) is 0. The number of carbonyl (C=O) groups is 2. The summed E-state index contributed by atoms with van der Waals surface area (Å²) in [6, 6.07) is 37.9. The predicted octanol–water partition coefficient (Wildman–Crippen LogP) is 13.4. The molecule has 0 N–H and O–H groups in total. The molecule has 0 saturated carbocycles. The zero-order chi connectivity index (χ0) is 52.9. The third kappa shape index (κ3) is 9.50. The molecule has 0 unspecified atom stereocenters. The largest absolute Gasteiger partial charge is 0.479 e. The summed E-state index contributed by atoms with van der Waals surface area (Å²) in [6.07, 6.45) is -1.70. The van der Waals surface area contributed by atoms with Crippen LogP contribution in [0, 0.1) is 67.0 Å². The summed E-state index contributed by atoms with van der Waals surface area (Å²) in [5.74, 6) is -0.386. The second-order valence-electron chi connectivity index (χ2n) is 22.3. The van der Waals surface area contributed by atoms with Crippen LogP contribution in [0.5, 0.6) is 11.5 Å². The molecule has 0 saturated heterocycles. The highest BCUT2D eigenvalue weighted by Crippen LogP contribution is 2.63. The summed E-state index contributed by atoms with van der Waals surface area (Å²) in [4.78, 5) is 36.1. The van der Waals surface area contributed by atoms with E-state index < -0.39 is 68.7 Å². The van der Waals surface area contributed by atoms with E-state index >= 15 is 0 Å². The Morgan fingerprint density at radius 1 is 0.528 bits per heavy atom. The SMILES string of the molecule is CC(C)(C)C(=O)/C(C#N)=N/[C@@]12OC(C(C)(C)C)=C(C#N)[C@@H]1c1cc(Cl)ccc1O[C@H]2c1ccccc1.CC(C)(C)C(=O)/C(C#N)=N/[C@@]12OC(C(C)(C)C)=C(C#N)[C@@H]1c1cc(Cl)ccc1O[C@H]2c1ccccc1. The van der Waals surface area contributed by atoms with Crippen LogP contribution in [0.15, 0.2) is 130 Å². The van der Waals surface area contributed by atoms with Gasteiger partial charge in [-0.15, -0.1) is 0 Å². The molecule has 0 bridgehead atoms. The molecule has 8 rings (SSSR count). The molecule has 0 radical (unpaired) electrons. The quantitative estimate of drug-likeness (QED) is 0.168. The van der Waals surface area contributed by atoms with Crippen molar-refractivity contribution in [1.82, 2.24) is 0 Å². The smallest absolute Gasteiger partial charge is 0.253 e. The molecule has 0 amide bonds. The van der Waals surface area contributed by atoms with Gasteiger partial charge in [0.1, 0.15) is 35.2 Å². The van der Waals surface area contributed by atoms with Crippen LogP contribution in [0.25, 0.3) is 0 Å². The lowest BCUT2D eigenvalue weighted by atomic mass is 9.75. The van der Waals surface area contributed by atoms with E-state index in [2.05, 4.69) is 12.1 Å². The van der Waals surface area contributed by atoms with Crippen molar-refractivity contribution in [3.05, 3.63) is 152 Å². The van der Waals surface area contributed by atoms with Crippen molar-refractivity contribution < 1.29 is 28.5 Å². The standard InChI is InChI=1S/2C29H28ClN3O3/c2*1-27(2,3)24(34)21(16-32)33-29-23(20(15-31)26(36-29)28(4,5)6)19-14-18(30)12-13-22(19)35-25(29)17-10-8-7-9-11-17/h2*7-14,23,25H,1-6H3/b2*33-21+/t2*23-,25-,29+/m00/s1. The summed E-state index contributed by atoms with van der Waals surface area (Å²) < 4.78 is 26.4. The van der Waals surface area contributed by atoms with Crippen LogP contribution >= 0.6 is 23.2 Å². The molecular weight excluding hydrogens is 948 g/mol. The Bertz CT molecular complexity index is 2950. The molecule has 4 aromatic rings. The Hall–Kier alpha value is -7.22. The van der Waals surface area contributed by atoms with Gasteiger partial charge in [-0.2, -0.15) is 21.0 Å². The Kier molecular flexibility index (Phi) is 13.9. The van der Waals surface area contributed by atoms with Crippen LogP contribution in [-0.2, 0) is 19.1 Å². The predicted molar refractivity (Wildman–Crippen MR) is 275 cm³/mol. The van der Waals surface area contributed by atoms with Gasteiger partial charge in [0.05, 0.1) is 35.1 Å². The number of halogens is 2. The number of Topliss-reactive ketones (excluding diaryl/α,β-unsaturated/α-hetero) is 2. The van der Waals surface area contributed by atoms with Crippen LogP contribution in [0.1, 0.15) is 129 Å². The molecule has 4 heterocycles. The van der Waals surface area contributed by atoms with Crippen LogP contribution in [0.3, 0.4) is 0 Å². The van der Waals surface area contributed by atoms with Crippen LogP contribution in [0.2, 0.25) is 10.0 Å². The van der Waals surface area contributed by atoms with E-state index in [1.807, 2.05) is 114 Å². The van der Waals surface area contributed by atoms with E-state index in [4.69, 9.17) is 52.1 Å².